The van der Waals surface area contributed by atoms with Crippen molar-refractivity contribution < 1.29 is 28.7 Å². The molecule has 1 rings (SSSR count). The van der Waals surface area contributed by atoms with Gasteiger partial charge in [0.05, 0.1) is 12.2 Å². The second kappa shape index (κ2) is 9.37. The summed E-state index contributed by atoms with van der Waals surface area (Å²) in [5.74, 6) is -0.437. The molecule has 0 aliphatic carbocycles. The monoisotopic (exact) mass is 416 g/mol. The van der Waals surface area contributed by atoms with Gasteiger partial charge in [0, 0.05) is 16.0 Å². The van der Waals surface area contributed by atoms with E-state index in [-0.39, 0.29) is 34.5 Å². The normalized spacial score (nSPS) is 13.4. The minimum absolute atomic E-state index is 0.0952. The van der Waals surface area contributed by atoms with E-state index in [1.54, 1.807) is 0 Å². The molecule has 2 N–H and O–H groups in total. The molecular weight excluding hydrogens is 387 g/mol. The Morgan fingerprint density at radius 3 is 1.93 bits per heavy atom. The molecule has 0 radical (unpaired) electrons. The Balaban J connectivity index is 2.93. The minimum Gasteiger partial charge on any atom is -0.507 e. The van der Waals surface area contributed by atoms with Gasteiger partial charge in [-0.1, -0.05) is 41.5 Å². The maximum Gasteiger partial charge on any atom is 0.317 e. The minimum atomic E-state index is -3.17. The molecule has 0 aliphatic rings. The van der Waals surface area contributed by atoms with Gasteiger partial charge in [-0.2, -0.15) is 0 Å². The lowest BCUT2D eigenvalue weighted by atomic mass is 9.79. The first-order valence-electron chi connectivity index (χ1n) is 8.61. The van der Waals surface area contributed by atoms with Gasteiger partial charge in [-0.15, -0.1) is 11.8 Å². The number of benzene rings is 1. The molecular formula is C19H29O6PS. The van der Waals surface area contributed by atoms with Gasteiger partial charge in [-0.3, -0.25) is 14.2 Å². The zero-order valence-electron chi connectivity index (χ0n) is 16.7. The summed E-state index contributed by atoms with van der Waals surface area (Å²) in [6.07, 6.45) is -0.335. The third kappa shape index (κ3) is 7.78. The first-order chi connectivity index (χ1) is 12.2. The van der Waals surface area contributed by atoms with E-state index in [0.717, 1.165) is 16.0 Å². The SMILES string of the molecule is CC(C)(C)c1cc(SCC(=O)CC(=O)CO[PH](=O)O)cc(C(C)(C)C)c1O. The Hall–Kier alpha value is -1.14. The van der Waals surface area contributed by atoms with Crippen LogP contribution in [-0.2, 0) is 29.5 Å². The topological polar surface area (TPSA) is 101 Å². The smallest absolute Gasteiger partial charge is 0.317 e. The van der Waals surface area contributed by atoms with Crippen molar-refractivity contribution in [3.63, 3.8) is 0 Å². The van der Waals surface area contributed by atoms with Crippen LogP contribution in [0.2, 0.25) is 0 Å². The Morgan fingerprint density at radius 1 is 1.04 bits per heavy atom. The molecule has 8 heteroatoms. The summed E-state index contributed by atoms with van der Waals surface area (Å²) in [4.78, 5) is 33.0. The lowest BCUT2D eigenvalue weighted by molar-refractivity contribution is -0.127. The van der Waals surface area contributed by atoms with Gasteiger partial charge < -0.3 is 14.5 Å². The molecule has 0 aromatic heterocycles. The molecule has 0 heterocycles. The molecule has 0 bridgehead atoms. The van der Waals surface area contributed by atoms with Crippen molar-refractivity contribution in [2.24, 2.45) is 0 Å². The van der Waals surface area contributed by atoms with Gasteiger partial charge in [0.1, 0.15) is 12.4 Å². The van der Waals surface area contributed by atoms with Crippen LogP contribution in [0.3, 0.4) is 0 Å². The van der Waals surface area contributed by atoms with Crippen LogP contribution in [0.5, 0.6) is 5.75 Å². The number of hydrogen-bond acceptors (Lipinski definition) is 6. The summed E-state index contributed by atoms with van der Waals surface area (Å²) in [6.45, 7) is 11.5. The zero-order valence-corrected chi connectivity index (χ0v) is 18.5. The Kier molecular flexibility index (Phi) is 8.30. The summed E-state index contributed by atoms with van der Waals surface area (Å²) in [5, 5.41) is 10.7. The van der Waals surface area contributed by atoms with Gasteiger partial charge >= 0.3 is 8.25 Å². The number of hydrogen-bond donors (Lipinski definition) is 2. The van der Waals surface area contributed by atoms with Crippen molar-refractivity contribution in [3.05, 3.63) is 23.3 Å². The number of rotatable bonds is 8. The third-order valence-corrected chi connectivity index (χ3v) is 5.28. The average molecular weight is 416 g/mol. The van der Waals surface area contributed by atoms with Crippen LogP contribution in [0.1, 0.15) is 59.1 Å². The Morgan fingerprint density at radius 2 is 1.52 bits per heavy atom. The molecule has 1 atom stereocenters. The van der Waals surface area contributed by atoms with Crippen LogP contribution in [-0.4, -0.2) is 33.9 Å². The number of carbonyl (C=O) groups is 2. The Bertz CT molecular complexity index is 696. The summed E-state index contributed by atoms with van der Waals surface area (Å²) in [7, 11) is -3.17. The van der Waals surface area contributed by atoms with E-state index >= 15 is 0 Å². The van der Waals surface area contributed by atoms with Crippen molar-refractivity contribution in [2.45, 2.75) is 63.7 Å². The molecule has 0 saturated heterocycles. The first-order valence-corrected chi connectivity index (χ1v) is 10.9. The summed E-state index contributed by atoms with van der Waals surface area (Å²) < 4.78 is 14.8. The number of Topliss-reactive ketones (excluding diaryl/α,β-unsaturated/α-hetero) is 2. The second-order valence-corrected chi connectivity index (χ2v) is 10.3. The molecule has 0 amide bonds. The highest BCUT2D eigenvalue weighted by molar-refractivity contribution is 8.00. The molecule has 0 saturated carbocycles. The highest BCUT2D eigenvalue weighted by Crippen LogP contribution is 2.41. The van der Waals surface area contributed by atoms with Crippen LogP contribution >= 0.6 is 20.0 Å². The van der Waals surface area contributed by atoms with Gasteiger partial charge in [0.25, 0.3) is 0 Å². The molecule has 27 heavy (non-hydrogen) atoms. The third-order valence-electron chi connectivity index (χ3n) is 3.85. The van der Waals surface area contributed by atoms with Crippen LogP contribution in [0.25, 0.3) is 0 Å². The quantitative estimate of drug-likeness (QED) is 0.375. The van der Waals surface area contributed by atoms with Crippen LogP contribution in [0.15, 0.2) is 17.0 Å². The van der Waals surface area contributed by atoms with E-state index in [4.69, 9.17) is 4.89 Å². The fraction of sp³-hybridized carbons (Fsp3) is 0.579. The number of carbonyl (C=O) groups excluding carboxylic acids is 2. The van der Waals surface area contributed by atoms with Crippen molar-refractivity contribution in [1.82, 2.24) is 0 Å². The number of ketones is 2. The lowest BCUT2D eigenvalue weighted by Crippen LogP contribution is -2.17. The largest absolute Gasteiger partial charge is 0.507 e. The summed E-state index contributed by atoms with van der Waals surface area (Å²) in [6, 6.07) is 3.76. The van der Waals surface area contributed by atoms with Crippen LogP contribution in [0, 0.1) is 0 Å². The highest BCUT2D eigenvalue weighted by atomic mass is 32.2. The predicted octanol–water partition coefficient (Wildman–Crippen LogP) is 4.01. The summed E-state index contributed by atoms with van der Waals surface area (Å²) in [5.41, 5.74) is 1.09. The molecule has 1 unspecified atom stereocenters. The van der Waals surface area contributed by atoms with Crippen molar-refractivity contribution >= 4 is 31.6 Å². The number of phenols is 1. The van der Waals surface area contributed by atoms with E-state index in [2.05, 4.69) is 4.52 Å². The lowest BCUT2D eigenvalue weighted by Gasteiger charge is -2.28. The van der Waals surface area contributed by atoms with E-state index in [1.807, 2.05) is 53.7 Å². The number of thioether (sulfide) groups is 1. The predicted molar refractivity (Wildman–Crippen MR) is 108 cm³/mol. The van der Waals surface area contributed by atoms with Crippen molar-refractivity contribution in [3.8, 4) is 5.75 Å². The van der Waals surface area contributed by atoms with E-state index in [1.165, 1.54) is 11.8 Å². The standard InChI is InChI=1S/C19H29O6PS/c1-18(2,3)15-8-14(9-16(17(15)22)19(4,5)6)27-11-13(21)7-12(20)10-25-26(23)24/h8-9,22,26H,7,10-11H2,1-6H3,(H,23,24). The molecule has 1 aromatic carbocycles. The maximum atomic E-state index is 12.0. The van der Waals surface area contributed by atoms with Crippen LogP contribution < -0.4 is 0 Å². The summed E-state index contributed by atoms with van der Waals surface area (Å²) >= 11 is 1.31. The Labute approximate surface area is 165 Å². The van der Waals surface area contributed by atoms with E-state index in [0.29, 0.717) is 0 Å². The zero-order chi connectivity index (χ0) is 21.0. The molecule has 0 spiro atoms. The molecule has 0 aliphatic heterocycles. The molecule has 1 aromatic rings. The first kappa shape index (κ1) is 23.9. The van der Waals surface area contributed by atoms with E-state index < -0.39 is 20.6 Å². The molecule has 152 valence electrons. The van der Waals surface area contributed by atoms with Crippen LogP contribution in [0.4, 0.5) is 0 Å². The second-order valence-electron chi connectivity index (χ2n) is 8.46. The van der Waals surface area contributed by atoms with Gasteiger partial charge in [0.2, 0.25) is 0 Å². The highest BCUT2D eigenvalue weighted by Gasteiger charge is 2.26. The van der Waals surface area contributed by atoms with Gasteiger partial charge in [-0.05, 0) is 23.0 Å². The van der Waals surface area contributed by atoms with E-state index in [9.17, 15) is 19.3 Å². The van der Waals surface area contributed by atoms with Gasteiger partial charge in [-0.25, -0.2) is 0 Å². The fourth-order valence-electron chi connectivity index (χ4n) is 2.46. The van der Waals surface area contributed by atoms with Crippen molar-refractivity contribution in [2.75, 3.05) is 12.4 Å². The molecule has 6 nitrogen and oxygen atoms in total. The number of phenolic OH excluding ortho intramolecular Hbond substituents is 1. The van der Waals surface area contributed by atoms with Crippen molar-refractivity contribution in [1.29, 1.82) is 0 Å². The average Bonchev–Trinajstić information content (AvgIpc) is 2.49. The molecule has 0 fully saturated rings. The van der Waals surface area contributed by atoms with Gasteiger partial charge in [0.15, 0.2) is 11.6 Å². The number of aromatic hydroxyl groups is 1. The fourth-order valence-corrected chi connectivity index (χ4v) is 3.58. The maximum absolute atomic E-state index is 12.0.